The van der Waals surface area contributed by atoms with Gasteiger partial charge in [-0.25, -0.2) is 19.7 Å². The molecule has 400 valence electrons. The molecule has 3 aromatic heterocycles. The summed E-state index contributed by atoms with van der Waals surface area (Å²) in [5.74, 6) is 1.71. The van der Waals surface area contributed by atoms with Crippen LogP contribution in [0.2, 0.25) is 0 Å². The first-order valence-corrected chi connectivity index (χ1v) is 28.3. The first-order chi connectivity index (χ1) is 37.2. The smallest absolute Gasteiger partial charge is 0.358 e. The van der Waals surface area contributed by atoms with Crippen LogP contribution in [0.3, 0.4) is 0 Å². The van der Waals surface area contributed by atoms with Crippen LogP contribution in [-0.4, -0.2) is 99.1 Å². The average molecular weight is 1060 g/mol. The molecule has 0 radical (unpaired) electrons. The van der Waals surface area contributed by atoms with E-state index in [1.165, 1.54) is 30.6 Å². The molecule has 16 heteroatoms. The number of carbonyl (C=O) groups is 4. The first kappa shape index (κ1) is 51.9. The van der Waals surface area contributed by atoms with Gasteiger partial charge < -0.3 is 23.8 Å². The number of aryl methyl sites for hydroxylation is 1. The van der Waals surface area contributed by atoms with Crippen molar-refractivity contribution >= 4 is 73.2 Å². The van der Waals surface area contributed by atoms with Gasteiger partial charge in [0, 0.05) is 63.9 Å². The van der Waals surface area contributed by atoms with Gasteiger partial charge in [-0.1, -0.05) is 66.6 Å². The summed E-state index contributed by atoms with van der Waals surface area (Å²) in [5.41, 5.74) is 8.39. The molecular weight excluding hydrogens is 987 g/mol. The van der Waals surface area contributed by atoms with Gasteiger partial charge in [0.2, 0.25) is 17.8 Å². The highest BCUT2D eigenvalue weighted by molar-refractivity contribution is 7.22. The maximum atomic E-state index is 14.1. The van der Waals surface area contributed by atoms with Gasteiger partial charge >= 0.3 is 5.97 Å². The van der Waals surface area contributed by atoms with Crippen molar-refractivity contribution in [3.63, 3.8) is 0 Å². The van der Waals surface area contributed by atoms with E-state index in [1.807, 2.05) is 99.6 Å². The lowest BCUT2D eigenvalue weighted by Gasteiger charge is -2.35. The van der Waals surface area contributed by atoms with Crippen molar-refractivity contribution in [1.29, 1.82) is 0 Å². The van der Waals surface area contributed by atoms with E-state index in [0.717, 1.165) is 126 Å². The SMILES string of the molecule is Cc1c(OC2CCC(CCCCN3CCN(c4nc5ccc(C6CCC(=O)NC6=O)cc5n4C)CC3)CC2)cccc1-c1ccc(N2CCc3cccc(C(=O)Nc4nc5ccccc5s4)c3C2)nc1C(=O)OC(C)(C)C. The highest BCUT2D eigenvalue weighted by atomic mass is 32.1. The molecule has 1 saturated carbocycles. The van der Waals surface area contributed by atoms with Crippen LogP contribution in [0.1, 0.15) is 128 Å². The molecule has 77 heavy (non-hydrogen) atoms. The van der Waals surface area contributed by atoms with E-state index in [4.69, 9.17) is 19.4 Å². The summed E-state index contributed by atoms with van der Waals surface area (Å²) < 4.78 is 16.0. The highest BCUT2D eigenvalue weighted by Crippen LogP contribution is 2.38. The van der Waals surface area contributed by atoms with Crippen molar-refractivity contribution in [3.05, 3.63) is 125 Å². The Hall–Kier alpha value is -7.17. The molecule has 3 amide bonds. The maximum Gasteiger partial charge on any atom is 0.358 e. The number of pyridine rings is 1. The molecule has 3 fully saturated rings. The van der Waals surface area contributed by atoms with Gasteiger partial charge in [0.15, 0.2) is 10.8 Å². The number of nitrogens with zero attached hydrogens (tertiary/aromatic N) is 7. The van der Waals surface area contributed by atoms with Crippen molar-refractivity contribution < 1.29 is 28.7 Å². The fourth-order valence-electron chi connectivity index (χ4n) is 11.8. The van der Waals surface area contributed by atoms with Crippen LogP contribution < -0.4 is 25.2 Å². The zero-order valence-corrected chi connectivity index (χ0v) is 45.7. The number of nitrogens with one attached hydrogen (secondary N) is 2. The van der Waals surface area contributed by atoms with Crippen LogP contribution in [0.5, 0.6) is 5.75 Å². The summed E-state index contributed by atoms with van der Waals surface area (Å²) in [6, 6.07) is 29.8. The third kappa shape index (κ3) is 11.5. The van der Waals surface area contributed by atoms with Gasteiger partial charge in [-0.05, 0) is 161 Å². The van der Waals surface area contributed by atoms with Gasteiger partial charge in [0.05, 0.1) is 33.3 Å². The molecule has 0 spiro atoms. The molecule has 3 aliphatic heterocycles. The summed E-state index contributed by atoms with van der Waals surface area (Å²) in [4.78, 5) is 74.0. The summed E-state index contributed by atoms with van der Waals surface area (Å²) in [5, 5.41) is 6.09. The Morgan fingerprint density at radius 3 is 2.39 bits per heavy atom. The fraction of sp³-hybridized carbons (Fsp3) is 0.426. The monoisotopic (exact) mass is 1060 g/mol. The molecule has 1 aliphatic carbocycles. The van der Waals surface area contributed by atoms with Crippen LogP contribution in [0.15, 0.2) is 91.0 Å². The standard InChI is InChI=1S/C61H69N9O6S/c1-38-43(45-24-27-53(64-55(45)58(74)76-61(2,3)4)70-31-29-40-13-10-15-46(47(40)37-70)57(73)66-59-62-49-16-6-7-18-52(49)77-59)14-11-17-51(38)75-42-22-19-39(20-23-42)12-8-9-30-68-32-34-69(35-33-68)60-63-48-26-21-41(36-50(48)67(60)5)44-25-28-54(71)65-56(44)72/h6-7,10-11,13-18,21,24,26-27,36,39,42,44H,8-9,12,19-20,22-23,25,28-35,37H2,1-5H3,(H,62,66,73)(H,65,71,72). The number of anilines is 3. The predicted molar refractivity (Wildman–Crippen MR) is 303 cm³/mol. The molecule has 0 bridgehead atoms. The van der Waals surface area contributed by atoms with Crippen molar-refractivity contribution in [2.24, 2.45) is 13.0 Å². The summed E-state index contributed by atoms with van der Waals surface area (Å²) in [6.45, 7) is 13.7. The largest absolute Gasteiger partial charge is 0.490 e. The number of aromatic nitrogens is 4. The van der Waals surface area contributed by atoms with Crippen LogP contribution in [0, 0.1) is 12.8 Å². The minimum Gasteiger partial charge on any atom is -0.490 e. The van der Waals surface area contributed by atoms with E-state index in [2.05, 4.69) is 61.0 Å². The second-order valence-electron chi connectivity index (χ2n) is 22.4. The number of hydrogen-bond donors (Lipinski definition) is 2. The number of piperidine rings is 1. The molecule has 7 aromatic rings. The number of piperazine rings is 1. The topological polar surface area (TPSA) is 164 Å². The van der Waals surface area contributed by atoms with Gasteiger partial charge in [0.25, 0.3) is 5.91 Å². The van der Waals surface area contributed by atoms with E-state index < -0.39 is 11.6 Å². The molecule has 2 saturated heterocycles. The number of hydrogen-bond acceptors (Lipinski definition) is 13. The van der Waals surface area contributed by atoms with E-state index in [0.29, 0.717) is 53.9 Å². The summed E-state index contributed by atoms with van der Waals surface area (Å²) in [7, 11) is 2.05. The van der Waals surface area contributed by atoms with Gasteiger partial charge in [-0.15, -0.1) is 0 Å². The number of fused-ring (bicyclic) bond motifs is 3. The molecule has 1 unspecified atom stereocenters. The van der Waals surface area contributed by atoms with Crippen molar-refractivity contribution in [1.82, 2.24) is 29.7 Å². The average Bonchev–Trinajstić information content (AvgIpc) is 4.08. The number of imidazole rings is 1. The molecule has 15 nitrogen and oxygen atoms in total. The number of unbranched alkanes of at least 4 members (excludes halogenated alkanes) is 1. The Morgan fingerprint density at radius 2 is 1.60 bits per heavy atom. The Morgan fingerprint density at radius 1 is 0.792 bits per heavy atom. The predicted octanol–water partition coefficient (Wildman–Crippen LogP) is 10.8. The van der Waals surface area contributed by atoms with Gasteiger partial charge in [0.1, 0.15) is 17.2 Å². The third-order valence-electron chi connectivity index (χ3n) is 16.0. The van der Waals surface area contributed by atoms with Crippen LogP contribution in [0.4, 0.5) is 16.9 Å². The van der Waals surface area contributed by atoms with Crippen molar-refractivity contribution in [3.8, 4) is 16.9 Å². The number of rotatable bonds is 14. The lowest BCUT2D eigenvalue weighted by atomic mass is 9.84. The molecule has 2 N–H and O–H groups in total. The van der Waals surface area contributed by atoms with Crippen LogP contribution in [0.25, 0.3) is 32.4 Å². The van der Waals surface area contributed by atoms with Crippen LogP contribution >= 0.6 is 11.3 Å². The van der Waals surface area contributed by atoms with Crippen molar-refractivity contribution in [2.75, 3.05) is 54.4 Å². The molecule has 4 aromatic carbocycles. The Bertz CT molecular complexity index is 3330. The molecule has 4 aliphatic rings. The lowest BCUT2D eigenvalue weighted by molar-refractivity contribution is -0.134. The highest BCUT2D eigenvalue weighted by Gasteiger charge is 2.31. The number of thiazole rings is 1. The van der Waals surface area contributed by atoms with Gasteiger partial charge in [-0.3, -0.25) is 29.9 Å². The van der Waals surface area contributed by atoms with E-state index >= 15 is 0 Å². The zero-order valence-electron chi connectivity index (χ0n) is 44.9. The Kier molecular flexibility index (Phi) is 14.9. The maximum absolute atomic E-state index is 14.1. The number of imide groups is 1. The van der Waals surface area contributed by atoms with E-state index in [-0.39, 0.29) is 35.4 Å². The summed E-state index contributed by atoms with van der Waals surface area (Å²) >= 11 is 1.45. The number of amides is 3. The minimum atomic E-state index is -0.730. The second kappa shape index (κ2) is 22.1. The van der Waals surface area contributed by atoms with E-state index in [1.54, 1.807) is 0 Å². The number of benzene rings is 4. The fourth-order valence-corrected chi connectivity index (χ4v) is 12.7. The quantitative estimate of drug-likeness (QED) is 0.0603. The zero-order chi connectivity index (χ0) is 53.4. The number of carbonyl (C=O) groups excluding carboxylic acids is 4. The summed E-state index contributed by atoms with van der Waals surface area (Å²) in [6.07, 6.45) is 9.73. The normalized spacial score (nSPS) is 19.3. The number of para-hydroxylation sites is 1. The van der Waals surface area contributed by atoms with Gasteiger partial charge in [-0.2, -0.15) is 0 Å². The molecule has 1 atom stereocenters. The molecule has 11 rings (SSSR count). The van der Waals surface area contributed by atoms with Crippen molar-refractivity contribution in [2.45, 2.75) is 116 Å². The second-order valence-corrected chi connectivity index (χ2v) is 23.4. The minimum absolute atomic E-state index is 0.126. The Labute approximate surface area is 454 Å². The van der Waals surface area contributed by atoms with Crippen LogP contribution in [-0.2, 0) is 34.3 Å². The Balaban J connectivity index is 0.678. The lowest BCUT2D eigenvalue weighted by Crippen LogP contribution is -2.47. The molecular formula is C61H69N9O6S. The third-order valence-corrected chi connectivity index (χ3v) is 17.0. The van der Waals surface area contributed by atoms with E-state index in [9.17, 15) is 19.2 Å². The first-order valence-electron chi connectivity index (χ1n) is 27.5. The molecule has 6 heterocycles. The number of ether oxygens (including phenoxy) is 2. The number of esters is 1.